The van der Waals surface area contributed by atoms with Gasteiger partial charge < -0.3 is 26.4 Å². The summed E-state index contributed by atoms with van der Waals surface area (Å²) in [6, 6.07) is 19.8. The Kier molecular flexibility index (Phi) is 6.27. The number of halogens is 1. The summed E-state index contributed by atoms with van der Waals surface area (Å²) in [6.07, 6.45) is 0. The van der Waals surface area contributed by atoms with Crippen LogP contribution < -0.4 is 21.3 Å². The van der Waals surface area contributed by atoms with E-state index in [0.29, 0.717) is 11.6 Å². The largest absolute Gasteiger partial charge is 0.508 e. The molecular formula is C23H23ClN4O2S. The van der Waals surface area contributed by atoms with Gasteiger partial charge in [0.1, 0.15) is 5.75 Å². The summed E-state index contributed by atoms with van der Waals surface area (Å²) in [5.41, 5.74) is 9.14. The Labute approximate surface area is 190 Å². The number of fused-ring (bicyclic) bond motifs is 1. The summed E-state index contributed by atoms with van der Waals surface area (Å²) in [4.78, 5) is 15.9. The van der Waals surface area contributed by atoms with E-state index < -0.39 is 5.50 Å². The number of rotatable bonds is 5. The molecule has 2 unspecified atom stereocenters. The molecule has 3 aromatic carbocycles. The number of phenols is 1. The van der Waals surface area contributed by atoms with E-state index in [1.165, 1.54) is 0 Å². The van der Waals surface area contributed by atoms with Gasteiger partial charge in [0.25, 0.3) is 0 Å². The summed E-state index contributed by atoms with van der Waals surface area (Å²) in [6.45, 7) is 2.22. The molecule has 5 N–H and O–H groups in total. The number of amides is 2. The van der Waals surface area contributed by atoms with Gasteiger partial charge in [-0.1, -0.05) is 59.8 Å². The number of phenolic OH excluding ortho intramolecular Hbond substituents is 1. The van der Waals surface area contributed by atoms with Crippen molar-refractivity contribution in [3.63, 3.8) is 0 Å². The zero-order chi connectivity index (χ0) is 22.0. The van der Waals surface area contributed by atoms with Crippen LogP contribution in [0.1, 0.15) is 24.1 Å². The fraction of sp³-hybridized carbons (Fsp3) is 0.174. The summed E-state index contributed by atoms with van der Waals surface area (Å²) in [5, 5.41) is 16.1. The number of benzene rings is 3. The van der Waals surface area contributed by atoms with Gasteiger partial charge in [0.2, 0.25) is 0 Å². The quantitative estimate of drug-likeness (QED) is 0.431. The van der Waals surface area contributed by atoms with Crippen LogP contribution in [0, 0.1) is 0 Å². The van der Waals surface area contributed by atoms with E-state index in [0.717, 1.165) is 27.4 Å². The smallest absolute Gasteiger partial charge is 0.317 e. The van der Waals surface area contributed by atoms with Crippen molar-refractivity contribution in [2.45, 2.75) is 29.9 Å². The van der Waals surface area contributed by atoms with Crippen LogP contribution in [0.2, 0.25) is 5.02 Å². The van der Waals surface area contributed by atoms with Gasteiger partial charge in [0.15, 0.2) is 5.50 Å². The molecule has 3 aromatic rings. The standard InChI is InChI=1S/C23H23ClN4O2S/c1-14(15-9-11-17(29)12-10-15)26-22(30)27-23-28(19-7-2-3-8-20(19)31-23)21-16(13-25)5-4-6-18(21)24/h2-12,14,23,29H,13,25H2,1H3,(H2,26,27,30). The zero-order valence-corrected chi connectivity index (χ0v) is 18.5. The van der Waals surface area contributed by atoms with Gasteiger partial charge >= 0.3 is 6.03 Å². The molecule has 0 bridgehead atoms. The van der Waals surface area contributed by atoms with Crippen molar-refractivity contribution in [3.05, 3.63) is 82.9 Å². The van der Waals surface area contributed by atoms with Crippen LogP contribution >= 0.6 is 23.4 Å². The predicted molar refractivity (Wildman–Crippen MR) is 126 cm³/mol. The average molecular weight is 455 g/mol. The third kappa shape index (κ3) is 4.44. The first-order valence-corrected chi connectivity index (χ1v) is 11.1. The Morgan fingerprint density at radius 2 is 1.90 bits per heavy atom. The Bertz CT molecular complexity index is 1090. The summed E-state index contributed by atoms with van der Waals surface area (Å²) < 4.78 is 0. The molecule has 0 saturated carbocycles. The van der Waals surface area contributed by atoms with E-state index in [9.17, 15) is 9.90 Å². The van der Waals surface area contributed by atoms with Gasteiger partial charge in [0, 0.05) is 11.4 Å². The molecule has 31 heavy (non-hydrogen) atoms. The maximum Gasteiger partial charge on any atom is 0.317 e. The van der Waals surface area contributed by atoms with E-state index in [-0.39, 0.29) is 17.8 Å². The molecule has 4 rings (SSSR count). The van der Waals surface area contributed by atoms with E-state index in [4.69, 9.17) is 17.3 Å². The van der Waals surface area contributed by atoms with Gasteiger partial charge in [-0.25, -0.2) is 4.79 Å². The first kappa shape index (κ1) is 21.4. The van der Waals surface area contributed by atoms with Gasteiger partial charge in [-0.15, -0.1) is 0 Å². The van der Waals surface area contributed by atoms with Crippen molar-refractivity contribution in [1.29, 1.82) is 0 Å². The van der Waals surface area contributed by atoms with E-state index >= 15 is 0 Å². The SMILES string of the molecule is CC(NC(=O)NC1Sc2ccccc2N1c1c(Cl)cccc1CN)c1ccc(O)cc1. The maximum absolute atomic E-state index is 12.8. The Balaban J connectivity index is 1.59. The molecule has 0 aromatic heterocycles. The van der Waals surface area contributed by atoms with Gasteiger partial charge in [-0.05, 0) is 48.4 Å². The molecule has 0 spiro atoms. The minimum atomic E-state index is -0.394. The van der Waals surface area contributed by atoms with Crippen molar-refractivity contribution in [2.75, 3.05) is 4.90 Å². The molecule has 8 heteroatoms. The third-order valence-corrected chi connectivity index (χ3v) is 6.58. The molecule has 1 aliphatic heterocycles. The number of nitrogens with zero attached hydrogens (tertiary/aromatic N) is 1. The number of carbonyl (C=O) groups excluding carboxylic acids is 1. The van der Waals surface area contributed by atoms with Crippen molar-refractivity contribution in [2.24, 2.45) is 5.73 Å². The number of nitrogens with two attached hydrogens (primary N) is 1. The maximum atomic E-state index is 12.8. The van der Waals surface area contributed by atoms with Crippen molar-refractivity contribution in [3.8, 4) is 5.75 Å². The second-order valence-corrected chi connectivity index (χ2v) is 8.72. The molecule has 0 saturated heterocycles. The highest BCUT2D eigenvalue weighted by Crippen LogP contribution is 2.49. The number of nitrogens with one attached hydrogen (secondary N) is 2. The van der Waals surface area contributed by atoms with Crippen molar-refractivity contribution in [1.82, 2.24) is 10.6 Å². The number of hydrogen-bond donors (Lipinski definition) is 4. The second kappa shape index (κ2) is 9.09. The Morgan fingerprint density at radius 1 is 1.16 bits per heavy atom. The Hall–Kier alpha value is -2.87. The lowest BCUT2D eigenvalue weighted by Crippen LogP contribution is -2.47. The molecule has 160 valence electrons. The number of thioether (sulfide) groups is 1. The fourth-order valence-corrected chi connectivity index (χ4v) is 5.04. The molecule has 2 atom stereocenters. The lowest BCUT2D eigenvalue weighted by Gasteiger charge is -2.30. The molecule has 0 radical (unpaired) electrons. The van der Waals surface area contributed by atoms with E-state index in [1.54, 1.807) is 36.0 Å². The number of urea groups is 1. The third-order valence-electron chi connectivity index (χ3n) is 5.12. The Morgan fingerprint density at radius 3 is 2.65 bits per heavy atom. The first-order chi connectivity index (χ1) is 15.0. The molecule has 1 heterocycles. The van der Waals surface area contributed by atoms with Crippen LogP contribution in [-0.2, 0) is 6.54 Å². The summed E-state index contributed by atoms with van der Waals surface area (Å²) in [5.74, 6) is 0.187. The molecular weight excluding hydrogens is 432 g/mol. The zero-order valence-electron chi connectivity index (χ0n) is 16.9. The predicted octanol–water partition coefficient (Wildman–Crippen LogP) is 5.09. The van der Waals surface area contributed by atoms with Crippen molar-refractivity contribution >= 4 is 40.8 Å². The fourth-order valence-electron chi connectivity index (χ4n) is 3.58. The second-order valence-electron chi connectivity index (χ2n) is 7.19. The monoisotopic (exact) mass is 454 g/mol. The lowest BCUT2D eigenvalue weighted by atomic mass is 10.1. The van der Waals surface area contributed by atoms with Gasteiger partial charge in [0.05, 0.1) is 22.4 Å². The molecule has 0 aliphatic carbocycles. The highest BCUT2D eigenvalue weighted by Gasteiger charge is 2.34. The number of hydrogen-bond acceptors (Lipinski definition) is 5. The van der Waals surface area contributed by atoms with E-state index in [2.05, 4.69) is 10.6 Å². The molecule has 1 aliphatic rings. The van der Waals surface area contributed by atoms with Crippen LogP contribution in [0.3, 0.4) is 0 Å². The number of para-hydroxylation sites is 2. The van der Waals surface area contributed by atoms with E-state index in [1.807, 2.05) is 54.3 Å². The molecule has 6 nitrogen and oxygen atoms in total. The normalized spacial score (nSPS) is 16.0. The summed E-state index contributed by atoms with van der Waals surface area (Å²) >= 11 is 8.12. The number of aromatic hydroxyl groups is 1. The van der Waals surface area contributed by atoms with Crippen LogP contribution in [0.25, 0.3) is 0 Å². The van der Waals surface area contributed by atoms with Crippen LogP contribution in [-0.4, -0.2) is 16.6 Å². The lowest BCUT2D eigenvalue weighted by molar-refractivity contribution is 0.237. The van der Waals surface area contributed by atoms with Crippen molar-refractivity contribution < 1.29 is 9.90 Å². The number of anilines is 2. The molecule has 2 amide bonds. The van der Waals surface area contributed by atoms with Gasteiger partial charge in [-0.3, -0.25) is 0 Å². The van der Waals surface area contributed by atoms with Crippen LogP contribution in [0.15, 0.2) is 71.6 Å². The van der Waals surface area contributed by atoms with Crippen LogP contribution in [0.4, 0.5) is 16.2 Å². The highest BCUT2D eigenvalue weighted by molar-refractivity contribution is 8.00. The molecule has 0 fully saturated rings. The topological polar surface area (TPSA) is 90.6 Å². The first-order valence-electron chi connectivity index (χ1n) is 9.86. The van der Waals surface area contributed by atoms with Gasteiger partial charge in [-0.2, -0.15) is 0 Å². The number of carbonyl (C=O) groups is 1. The minimum absolute atomic E-state index is 0.187. The minimum Gasteiger partial charge on any atom is -0.508 e. The summed E-state index contributed by atoms with van der Waals surface area (Å²) in [7, 11) is 0. The van der Waals surface area contributed by atoms with Crippen LogP contribution in [0.5, 0.6) is 5.75 Å². The highest BCUT2D eigenvalue weighted by atomic mass is 35.5. The average Bonchev–Trinajstić information content (AvgIpc) is 3.11.